The van der Waals surface area contributed by atoms with Gasteiger partial charge < -0.3 is 14.5 Å². The van der Waals surface area contributed by atoms with E-state index in [0.29, 0.717) is 31.2 Å². The zero-order valence-corrected chi connectivity index (χ0v) is 19.6. The molecule has 0 aliphatic carbocycles. The Bertz CT molecular complexity index is 1070. The zero-order chi connectivity index (χ0) is 23.3. The van der Waals surface area contributed by atoms with Crippen LogP contribution in [0, 0.1) is 0 Å². The minimum atomic E-state index is -3.73. The van der Waals surface area contributed by atoms with Gasteiger partial charge in [-0.2, -0.15) is 4.31 Å². The first-order valence-electron chi connectivity index (χ1n) is 10.1. The second-order valence-corrected chi connectivity index (χ2v) is 9.97. The van der Waals surface area contributed by atoms with Crippen LogP contribution in [0.25, 0.3) is 0 Å². The molecule has 0 bridgehead atoms. The van der Waals surface area contributed by atoms with Crippen molar-refractivity contribution in [2.45, 2.75) is 11.4 Å². The fraction of sp³-hybridized carbons (Fsp3) is 0.364. The first-order chi connectivity index (χ1) is 15.2. The maximum Gasteiger partial charge on any atom is 0.325 e. The standard InChI is InChI=1S/C22H26ClN3O5S/c1-24-10-12-26(13-11-24)32(29,30)20-5-3-4-18(14-20)22(28)25(16-21(27)31-2)15-17-6-8-19(23)9-7-17/h3-9,14H,10-13,15-16H2,1-2H3. The number of methoxy groups -OCH3 is 1. The number of hydrogen-bond acceptors (Lipinski definition) is 6. The van der Waals surface area contributed by atoms with E-state index in [1.807, 2.05) is 7.05 Å². The molecule has 3 rings (SSSR count). The number of hydrogen-bond donors (Lipinski definition) is 0. The molecule has 1 saturated heterocycles. The van der Waals surface area contributed by atoms with E-state index in [1.54, 1.807) is 24.3 Å². The van der Waals surface area contributed by atoms with Crippen LogP contribution in [-0.4, -0.2) is 81.3 Å². The van der Waals surface area contributed by atoms with E-state index in [1.165, 1.54) is 40.6 Å². The number of nitrogens with zero attached hydrogens (tertiary/aromatic N) is 3. The van der Waals surface area contributed by atoms with Gasteiger partial charge in [0, 0.05) is 43.3 Å². The van der Waals surface area contributed by atoms with Crippen LogP contribution in [0.4, 0.5) is 0 Å². The average molecular weight is 480 g/mol. The van der Waals surface area contributed by atoms with Gasteiger partial charge in [-0.3, -0.25) is 9.59 Å². The number of esters is 1. The minimum Gasteiger partial charge on any atom is -0.468 e. The van der Waals surface area contributed by atoms with Crippen LogP contribution in [0.3, 0.4) is 0 Å². The van der Waals surface area contributed by atoms with Crippen molar-refractivity contribution >= 4 is 33.5 Å². The summed E-state index contributed by atoms with van der Waals surface area (Å²) >= 11 is 5.93. The van der Waals surface area contributed by atoms with Crippen molar-refractivity contribution in [3.63, 3.8) is 0 Å². The summed E-state index contributed by atoms with van der Waals surface area (Å²) < 4.78 is 32.3. The molecule has 2 aromatic carbocycles. The molecule has 1 aliphatic rings. The molecule has 1 aliphatic heterocycles. The van der Waals surface area contributed by atoms with Crippen LogP contribution >= 0.6 is 11.6 Å². The average Bonchev–Trinajstić information content (AvgIpc) is 2.79. The molecule has 0 atom stereocenters. The number of amides is 1. The molecule has 1 amide bonds. The smallest absolute Gasteiger partial charge is 0.325 e. The van der Waals surface area contributed by atoms with Gasteiger partial charge in [0.25, 0.3) is 5.91 Å². The number of carbonyl (C=O) groups is 2. The lowest BCUT2D eigenvalue weighted by molar-refractivity contribution is -0.141. The highest BCUT2D eigenvalue weighted by atomic mass is 35.5. The molecule has 0 saturated carbocycles. The molecule has 10 heteroatoms. The lowest BCUT2D eigenvalue weighted by Gasteiger charge is -2.31. The van der Waals surface area contributed by atoms with Gasteiger partial charge in [-0.15, -0.1) is 0 Å². The number of rotatable bonds is 7. The Labute approximate surface area is 193 Å². The lowest BCUT2D eigenvalue weighted by Crippen LogP contribution is -2.47. The molecule has 0 aromatic heterocycles. The number of carbonyl (C=O) groups excluding carboxylic acids is 2. The highest BCUT2D eigenvalue weighted by Gasteiger charge is 2.28. The first-order valence-corrected chi connectivity index (χ1v) is 11.9. The van der Waals surface area contributed by atoms with E-state index in [4.69, 9.17) is 16.3 Å². The second kappa shape index (κ2) is 10.4. The molecule has 0 N–H and O–H groups in total. The predicted molar refractivity (Wildman–Crippen MR) is 121 cm³/mol. The van der Waals surface area contributed by atoms with Gasteiger partial charge in [0.1, 0.15) is 6.54 Å². The Morgan fingerprint density at radius 3 is 2.34 bits per heavy atom. The first kappa shape index (κ1) is 24.2. The Balaban J connectivity index is 1.86. The Morgan fingerprint density at radius 1 is 1.06 bits per heavy atom. The van der Waals surface area contributed by atoms with Gasteiger partial charge in [-0.25, -0.2) is 8.42 Å². The summed E-state index contributed by atoms with van der Waals surface area (Å²) in [6, 6.07) is 12.8. The summed E-state index contributed by atoms with van der Waals surface area (Å²) in [5.41, 5.74) is 0.950. The van der Waals surface area contributed by atoms with Crippen LogP contribution in [0.5, 0.6) is 0 Å². The molecular formula is C22H26ClN3O5S. The number of sulfonamides is 1. The third-order valence-corrected chi connectivity index (χ3v) is 7.45. The summed E-state index contributed by atoms with van der Waals surface area (Å²) in [5, 5.41) is 0.557. The quantitative estimate of drug-likeness (QED) is 0.565. The van der Waals surface area contributed by atoms with Crippen molar-refractivity contribution in [3.05, 3.63) is 64.7 Å². The maximum atomic E-state index is 13.2. The van der Waals surface area contributed by atoms with Gasteiger partial charge in [0.15, 0.2) is 0 Å². The van der Waals surface area contributed by atoms with Crippen molar-refractivity contribution < 1.29 is 22.7 Å². The van der Waals surface area contributed by atoms with E-state index >= 15 is 0 Å². The van der Waals surface area contributed by atoms with Crippen LogP contribution in [0.15, 0.2) is 53.4 Å². The highest BCUT2D eigenvalue weighted by molar-refractivity contribution is 7.89. The Hall–Kier alpha value is -2.46. The lowest BCUT2D eigenvalue weighted by atomic mass is 10.1. The molecule has 1 heterocycles. The van der Waals surface area contributed by atoms with Crippen molar-refractivity contribution in [2.75, 3.05) is 46.9 Å². The van der Waals surface area contributed by atoms with Gasteiger partial charge in [-0.1, -0.05) is 29.8 Å². The predicted octanol–water partition coefficient (Wildman–Crippen LogP) is 2.09. The summed E-state index contributed by atoms with van der Waals surface area (Å²) in [6.45, 7) is 1.94. The molecule has 0 radical (unpaired) electrons. The molecule has 2 aromatic rings. The van der Waals surface area contributed by atoms with Crippen LogP contribution in [-0.2, 0) is 26.1 Å². The third-order valence-electron chi connectivity index (χ3n) is 5.30. The topological polar surface area (TPSA) is 87.2 Å². The summed E-state index contributed by atoms with van der Waals surface area (Å²) in [6.07, 6.45) is 0. The molecule has 8 nitrogen and oxygen atoms in total. The zero-order valence-electron chi connectivity index (χ0n) is 18.0. The SMILES string of the molecule is COC(=O)CN(Cc1ccc(Cl)cc1)C(=O)c1cccc(S(=O)(=O)N2CCN(C)CC2)c1. The summed E-state index contributed by atoms with van der Waals surface area (Å²) in [7, 11) is -0.538. The van der Waals surface area contributed by atoms with Crippen molar-refractivity contribution in [1.29, 1.82) is 0 Å². The maximum absolute atomic E-state index is 13.2. The van der Waals surface area contributed by atoms with E-state index in [2.05, 4.69) is 4.90 Å². The van der Waals surface area contributed by atoms with Gasteiger partial charge in [-0.05, 0) is 42.9 Å². The second-order valence-electron chi connectivity index (χ2n) is 7.60. The summed E-state index contributed by atoms with van der Waals surface area (Å²) in [4.78, 5) is 28.6. The normalized spacial score (nSPS) is 15.3. The molecule has 0 spiro atoms. The van der Waals surface area contributed by atoms with Crippen molar-refractivity contribution in [2.24, 2.45) is 0 Å². The highest BCUT2D eigenvalue weighted by Crippen LogP contribution is 2.20. The van der Waals surface area contributed by atoms with Crippen LogP contribution in [0.1, 0.15) is 15.9 Å². The number of piperazine rings is 1. The number of benzene rings is 2. The van der Waals surface area contributed by atoms with Gasteiger partial charge >= 0.3 is 5.97 Å². The fourth-order valence-corrected chi connectivity index (χ4v) is 4.97. The molecule has 1 fully saturated rings. The molecule has 0 unspecified atom stereocenters. The largest absolute Gasteiger partial charge is 0.468 e. The minimum absolute atomic E-state index is 0.0532. The summed E-state index contributed by atoms with van der Waals surface area (Å²) in [5.74, 6) is -1.05. The molecule has 32 heavy (non-hydrogen) atoms. The van der Waals surface area contributed by atoms with E-state index < -0.39 is 21.9 Å². The number of halogens is 1. The van der Waals surface area contributed by atoms with E-state index in [0.717, 1.165) is 5.56 Å². The van der Waals surface area contributed by atoms with E-state index in [9.17, 15) is 18.0 Å². The van der Waals surface area contributed by atoms with Crippen molar-refractivity contribution in [1.82, 2.24) is 14.1 Å². The molecule has 172 valence electrons. The van der Waals surface area contributed by atoms with Gasteiger partial charge in [0.05, 0.1) is 12.0 Å². The fourth-order valence-electron chi connectivity index (χ4n) is 3.38. The van der Waals surface area contributed by atoms with E-state index in [-0.39, 0.29) is 23.5 Å². The Kier molecular flexibility index (Phi) is 7.89. The number of likely N-dealkylation sites (N-methyl/N-ethyl adjacent to an activating group) is 1. The molecular weight excluding hydrogens is 454 g/mol. The van der Waals surface area contributed by atoms with Crippen LogP contribution in [0.2, 0.25) is 5.02 Å². The monoisotopic (exact) mass is 479 g/mol. The Morgan fingerprint density at radius 2 is 1.72 bits per heavy atom. The van der Waals surface area contributed by atoms with Gasteiger partial charge in [0.2, 0.25) is 10.0 Å². The number of ether oxygens (including phenoxy) is 1. The van der Waals surface area contributed by atoms with Crippen molar-refractivity contribution in [3.8, 4) is 0 Å². The van der Waals surface area contributed by atoms with Crippen LogP contribution < -0.4 is 0 Å². The third kappa shape index (κ3) is 5.86.